The van der Waals surface area contributed by atoms with Crippen molar-refractivity contribution in [3.05, 3.63) is 78.0 Å². The monoisotopic (exact) mass is 289 g/mol. The Kier molecular flexibility index (Phi) is 3.00. The number of nitrogens with zero attached hydrogens (tertiary/aromatic N) is 2. The van der Waals surface area contributed by atoms with Gasteiger partial charge in [0.1, 0.15) is 5.82 Å². The van der Waals surface area contributed by atoms with Crippen LogP contribution in [0.5, 0.6) is 0 Å². The number of carbonyl (C=O) groups excluding carboxylic acids is 1. The molecular weight excluding hydrogens is 274 g/mol. The maximum Gasteiger partial charge on any atom is 0.226 e. The summed E-state index contributed by atoms with van der Waals surface area (Å²) in [5, 5.41) is 7.45. The van der Waals surface area contributed by atoms with E-state index in [4.69, 9.17) is 0 Å². The molecule has 4 rings (SSSR count). The lowest BCUT2D eigenvalue weighted by atomic mass is 9.87. The van der Waals surface area contributed by atoms with Crippen molar-refractivity contribution < 1.29 is 4.79 Å². The van der Waals surface area contributed by atoms with E-state index in [0.29, 0.717) is 6.42 Å². The highest BCUT2D eigenvalue weighted by Gasteiger charge is 2.30. The van der Waals surface area contributed by atoms with Crippen molar-refractivity contribution in [3.8, 4) is 5.69 Å². The average molecular weight is 289 g/mol. The predicted molar refractivity (Wildman–Crippen MR) is 85.1 cm³/mol. The van der Waals surface area contributed by atoms with Gasteiger partial charge >= 0.3 is 0 Å². The highest BCUT2D eigenvalue weighted by atomic mass is 16.1. The minimum atomic E-state index is 0.0269. The van der Waals surface area contributed by atoms with Gasteiger partial charge in [0.2, 0.25) is 5.91 Å². The SMILES string of the molecule is O=C1C[C@H](c2ccccc2)c2cnn(-c3ccccc3)c2N1. The molecule has 0 unspecified atom stereocenters. The highest BCUT2D eigenvalue weighted by molar-refractivity contribution is 5.94. The molecule has 0 radical (unpaired) electrons. The Bertz CT molecular complexity index is 809. The van der Waals surface area contributed by atoms with Gasteiger partial charge in [-0.15, -0.1) is 0 Å². The highest BCUT2D eigenvalue weighted by Crippen LogP contribution is 2.37. The van der Waals surface area contributed by atoms with Crippen molar-refractivity contribution in [2.75, 3.05) is 5.32 Å². The summed E-state index contributed by atoms with van der Waals surface area (Å²) in [6.07, 6.45) is 2.32. The molecule has 1 N–H and O–H groups in total. The molecule has 2 aromatic carbocycles. The number of anilines is 1. The summed E-state index contributed by atoms with van der Waals surface area (Å²) in [4.78, 5) is 12.1. The van der Waals surface area contributed by atoms with Gasteiger partial charge in [-0.25, -0.2) is 4.68 Å². The molecule has 2 heterocycles. The van der Waals surface area contributed by atoms with E-state index in [1.165, 1.54) is 0 Å². The lowest BCUT2D eigenvalue weighted by Gasteiger charge is -2.23. The predicted octanol–water partition coefficient (Wildman–Crippen LogP) is 3.35. The second kappa shape index (κ2) is 5.15. The largest absolute Gasteiger partial charge is 0.310 e. The Hall–Kier alpha value is -2.88. The van der Waals surface area contributed by atoms with Crippen LogP contribution in [-0.2, 0) is 4.79 Å². The number of nitrogens with one attached hydrogen (secondary N) is 1. The molecule has 1 aliphatic heterocycles. The number of hydrogen-bond acceptors (Lipinski definition) is 2. The summed E-state index contributed by atoms with van der Waals surface area (Å²) in [6.45, 7) is 0. The number of carbonyl (C=O) groups is 1. The minimum absolute atomic E-state index is 0.0269. The molecule has 0 saturated heterocycles. The third-order valence-corrected chi connectivity index (χ3v) is 4.02. The molecule has 4 heteroatoms. The quantitative estimate of drug-likeness (QED) is 0.786. The zero-order chi connectivity index (χ0) is 14.9. The Morgan fingerprint density at radius 2 is 1.68 bits per heavy atom. The van der Waals surface area contributed by atoms with Crippen LogP contribution in [0.25, 0.3) is 5.69 Å². The van der Waals surface area contributed by atoms with E-state index in [1.54, 1.807) is 4.68 Å². The van der Waals surface area contributed by atoms with Gasteiger partial charge in [-0.2, -0.15) is 5.10 Å². The fourth-order valence-electron chi connectivity index (χ4n) is 2.97. The number of benzene rings is 2. The molecule has 1 amide bonds. The van der Waals surface area contributed by atoms with Gasteiger partial charge in [0, 0.05) is 17.9 Å². The van der Waals surface area contributed by atoms with Crippen LogP contribution in [0.3, 0.4) is 0 Å². The molecule has 0 spiro atoms. The van der Waals surface area contributed by atoms with Crippen LogP contribution in [0.15, 0.2) is 66.9 Å². The molecule has 0 fully saturated rings. The summed E-state index contributed by atoms with van der Waals surface area (Å²) < 4.78 is 1.79. The van der Waals surface area contributed by atoms with Crippen LogP contribution in [0.4, 0.5) is 5.82 Å². The second-order valence-electron chi connectivity index (χ2n) is 5.41. The van der Waals surface area contributed by atoms with E-state index in [1.807, 2.05) is 54.7 Å². The van der Waals surface area contributed by atoms with Crippen LogP contribution >= 0.6 is 0 Å². The molecule has 0 bridgehead atoms. The zero-order valence-electron chi connectivity index (χ0n) is 11.9. The molecule has 0 saturated carbocycles. The first-order valence-electron chi connectivity index (χ1n) is 7.31. The Labute approximate surface area is 128 Å². The van der Waals surface area contributed by atoms with Gasteiger partial charge in [-0.05, 0) is 17.7 Å². The van der Waals surface area contributed by atoms with Crippen LogP contribution in [-0.4, -0.2) is 15.7 Å². The molecule has 0 aliphatic carbocycles. The number of fused-ring (bicyclic) bond motifs is 1. The minimum Gasteiger partial charge on any atom is -0.310 e. The Morgan fingerprint density at radius 1 is 1.00 bits per heavy atom. The number of hydrogen-bond donors (Lipinski definition) is 1. The first-order valence-corrected chi connectivity index (χ1v) is 7.31. The van der Waals surface area contributed by atoms with Crippen molar-refractivity contribution in [1.82, 2.24) is 9.78 Å². The van der Waals surface area contributed by atoms with Crippen LogP contribution in [0.2, 0.25) is 0 Å². The second-order valence-corrected chi connectivity index (χ2v) is 5.41. The third kappa shape index (κ3) is 2.09. The van der Waals surface area contributed by atoms with Crippen molar-refractivity contribution >= 4 is 11.7 Å². The molecule has 3 aromatic rings. The first-order chi connectivity index (χ1) is 10.8. The Balaban J connectivity index is 1.83. The van der Waals surface area contributed by atoms with Gasteiger partial charge in [-0.3, -0.25) is 4.79 Å². The lowest BCUT2D eigenvalue weighted by molar-refractivity contribution is -0.116. The maximum absolute atomic E-state index is 12.1. The molecule has 4 nitrogen and oxygen atoms in total. The van der Waals surface area contributed by atoms with Gasteiger partial charge < -0.3 is 5.32 Å². The van der Waals surface area contributed by atoms with E-state index in [0.717, 1.165) is 22.6 Å². The number of aromatic nitrogens is 2. The Morgan fingerprint density at radius 3 is 2.41 bits per heavy atom. The standard InChI is InChI=1S/C18H15N3O/c22-17-11-15(13-7-3-1-4-8-13)16-12-19-21(18(16)20-17)14-9-5-2-6-10-14/h1-10,12,15H,11H2,(H,20,22)/t15-/m1/s1. The van der Waals surface area contributed by atoms with Gasteiger partial charge in [0.15, 0.2) is 0 Å². The fraction of sp³-hybridized carbons (Fsp3) is 0.111. The summed E-state index contributed by atoms with van der Waals surface area (Å²) in [5.74, 6) is 0.859. The van der Waals surface area contributed by atoms with Crippen molar-refractivity contribution in [2.24, 2.45) is 0 Å². The normalized spacial score (nSPS) is 16.9. The summed E-state index contributed by atoms with van der Waals surface area (Å²) in [6, 6.07) is 20.0. The summed E-state index contributed by atoms with van der Waals surface area (Å²) in [7, 11) is 0. The maximum atomic E-state index is 12.1. The molecule has 1 aliphatic rings. The topological polar surface area (TPSA) is 46.9 Å². The number of amides is 1. The first kappa shape index (κ1) is 12.8. The van der Waals surface area contributed by atoms with Crippen LogP contribution < -0.4 is 5.32 Å². The molecule has 22 heavy (non-hydrogen) atoms. The summed E-state index contributed by atoms with van der Waals surface area (Å²) in [5.41, 5.74) is 3.15. The lowest BCUT2D eigenvalue weighted by Crippen LogP contribution is -2.24. The average Bonchev–Trinajstić information content (AvgIpc) is 2.99. The van der Waals surface area contributed by atoms with Gasteiger partial charge in [0.25, 0.3) is 0 Å². The number of rotatable bonds is 2. The van der Waals surface area contributed by atoms with E-state index < -0.39 is 0 Å². The van der Waals surface area contributed by atoms with E-state index >= 15 is 0 Å². The molecular formula is C18H15N3O. The van der Waals surface area contributed by atoms with E-state index in [-0.39, 0.29) is 11.8 Å². The van der Waals surface area contributed by atoms with Crippen molar-refractivity contribution in [2.45, 2.75) is 12.3 Å². The molecule has 108 valence electrons. The summed E-state index contributed by atoms with van der Waals surface area (Å²) >= 11 is 0. The van der Waals surface area contributed by atoms with Crippen LogP contribution in [0, 0.1) is 0 Å². The van der Waals surface area contributed by atoms with Gasteiger partial charge in [-0.1, -0.05) is 48.5 Å². The van der Waals surface area contributed by atoms with Crippen LogP contribution in [0.1, 0.15) is 23.5 Å². The third-order valence-electron chi connectivity index (χ3n) is 4.02. The van der Waals surface area contributed by atoms with Crippen molar-refractivity contribution in [3.63, 3.8) is 0 Å². The number of para-hydroxylation sites is 1. The van der Waals surface area contributed by atoms with E-state index in [2.05, 4.69) is 22.5 Å². The van der Waals surface area contributed by atoms with Crippen molar-refractivity contribution in [1.29, 1.82) is 0 Å². The molecule has 1 atom stereocenters. The zero-order valence-corrected chi connectivity index (χ0v) is 11.9. The molecule has 1 aromatic heterocycles. The van der Waals surface area contributed by atoms with E-state index in [9.17, 15) is 4.79 Å². The smallest absolute Gasteiger partial charge is 0.226 e. The van der Waals surface area contributed by atoms with Gasteiger partial charge in [0.05, 0.1) is 11.9 Å². The fourth-order valence-corrected chi connectivity index (χ4v) is 2.97.